The SMILES string of the molecule is COc1ccc2c(O[C@@H]3C[C@H]4C(=O)N[C@]5(C(=O)NS(=O)(=O)C6(C)CC6)C[C@H]5C=CCC[C@H](C)C[C@@H](C)[C@H](N(C(=O)O)[C@H](C)C(F)(F)F)C(=O)N4C3)nc(N3CCOCC3)cc2c1. The number of fused-ring (bicyclic) bond motifs is 3. The van der Waals surface area contributed by atoms with E-state index in [2.05, 4.69) is 10.0 Å². The number of carboxylic acid groups (broad SMARTS) is 1. The zero-order valence-electron chi connectivity index (χ0n) is 35.4. The fraction of sp³-hybridized carbons (Fsp3) is 0.643. The quantitative estimate of drug-likeness (QED) is 0.296. The van der Waals surface area contributed by atoms with Gasteiger partial charge >= 0.3 is 12.3 Å². The maximum Gasteiger partial charge on any atom is 0.408 e. The van der Waals surface area contributed by atoms with E-state index in [1.807, 2.05) is 24.0 Å². The maximum absolute atomic E-state index is 15.1. The number of amides is 4. The molecule has 0 radical (unpaired) electrons. The minimum Gasteiger partial charge on any atom is -0.497 e. The van der Waals surface area contributed by atoms with Gasteiger partial charge < -0.3 is 34.4 Å². The molecule has 20 heteroatoms. The van der Waals surface area contributed by atoms with Crippen molar-refractivity contribution in [2.24, 2.45) is 17.8 Å². The van der Waals surface area contributed by atoms with Crippen LogP contribution in [0.2, 0.25) is 0 Å². The molecular formula is C42H55F3N6O10S. The van der Waals surface area contributed by atoms with Gasteiger partial charge in [-0.15, -0.1) is 0 Å². The molecule has 16 nitrogen and oxygen atoms in total. The molecule has 3 aliphatic heterocycles. The van der Waals surface area contributed by atoms with Crippen molar-refractivity contribution >= 4 is 50.4 Å². The van der Waals surface area contributed by atoms with E-state index in [-0.39, 0.29) is 42.5 Å². The Bertz CT molecular complexity index is 2220. The number of hydrogen-bond acceptors (Lipinski definition) is 11. The Morgan fingerprint density at radius 3 is 2.48 bits per heavy atom. The molecule has 8 atom stereocenters. The highest BCUT2D eigenvalue weighted by molar-refractivity contribution is 7.91. The number of nitrogens with one attached hydrogen (secondary N) is 2. The van der Waals surface area contributed by atoms with Crippen LogP contribution in [-0.2, 0) is 29.1 Å². The summed E-state index contributed by atoms with van der Waals surface area (Å²) in [6.45, 7) is 7.22. The molecule has 2 saturated carbocycles. The number of ether oxygens (including phenoxy) is 3. The number of rotatable bonds is 9. The molecule has 4 fully saturated rings. The van der Waals surface area contributed by atoms with Gasteiger partial charge in [-0.25, -0.2) is 13.2 Å². The summed E-state index contributed by atoms with van der Waals surface area (Å²) in [5.74, 6) is -3.33. The number of anilines is 1. The largest absolute Gasteiger partial charge is 0.497 e. The fourth-order valence-corrected chi connectivity index (χ4v) is 10.3. The number of alkyl halides is 3. The van der Waals surface area contributed by atoms with E-state index in [1.165, 1.54) is 21.0 Å². The van der Waals surface area contributed by atoms with Gasteiger partial charge in [-0.2, -0.15) is 18.2 Å². The number of methoxy groups -OCH3 is 1. The lowest BCUT2D eigenvalue weighted by Gasteiger charge is -2.40. The van der Waals surface area contributed by atoms with Crippen molar-refractivity contribution < 1.29 is 60.1 Å². The van der Waals surface area contributed by atoms with Crippen LogP contribution in [0.5, 0.6) is 11.6 Å². The monoisotopic (exact) mass is 892 g/mol. The van der Waals surface area contributed by atoms with Crippen molar-refractivity contribution in [1.82, 2.24) is 24.8 Å². The van der Waals surface area contributed by atoms with E-state index < -0.39 is 86.4 Å². The maximum atomic E-state index is 15.1. The number of aromatic nitrogens is 1. The lowest BCUT2D eigenvalue weighted by molar-refractivity contribution is -0.184. The summed E-state index contributed by atoms with van der Waals surface area (Å²) in [5, 5.41) is 14.4. The van der Waals surface area contributed by atoms with E-state index in [0.29, 0.717) is 81.3 Å². The summed E-state index contributed by atoms with van der Waals surface area (Å²) in [5.41, 5.74) is -1.72. The van der Waals surface area contributed by atoms with Gasteiger partial charge in [0.05, 0.1) is 31.6 Å². The predicted molar refractivity (Wildman–Crippen MR) is 220 cm³/mol. The first-order valence-corrected chi connectivity index (χ1v) is 22.6. The van der Waals surface area contributed by atoms with E-state index >= 15 is 4.79 Å². The van der Waals surface area contributed by atoms with Crippen molar-refractivity contribution in [2.75, 3.05) is 44.9 Å². The highest BCUT2D eigenvalue weighted by atomic mass is 32.2. The minimum absolute atomic E-state index is 0.0483. The number of benzene rings is 1. The van der Waals surface area contributed by atoms with Gasteiger partial charge in [0, 0.05) is 30.8 Å². The number of carbonyl (C=O) groups is 4. The molecule has 1 aromatic heterocycles. The predicted octanol–water partition coefficient (Wildman–Crippen LogP) is 4.61. The third-order valence-electron chi connectivity index (χ3n) is 13.2. The number of carbonyl (C=O) groups excluding carboxylic acids is 3. The third kappa shape index (κ3) is 8.99. The average molecular weight is 893 g/mol. The Morgan fingerprint density at radius 1 is 1.13 bits per heavy atom. The first kappa shape index (κ1) is 45.2. The van der Waals surface area contributed by atoms with Crippen LogP contribution in [0.3, 0.4) is 0 Å². The molecule has 0 bridgehead atoms. The molecule has 340 valence electrons. The zero-order valence-corrected chi connectivity index (χ0v) is 36.3. The number of allylic oxidation sites excluding steroid dienone is 1. The van der Waals surface area contributed by atoms with Gasteiger partial charge in [-0.05, 0) is 93.9 Å². The van der Waals surface area contributed by atoms with Crippen LogP contribution >= 0.6 is 0 Å². The number of halogens is 3. The Kier molecular flexibility index (Phi) is 12.4. The highest BCUT2D eigenvalue weighted by Crippen LogP contribution is 2.48. The van der Waals surface area contributed by atoms with Crippen molar-refractivity contribution in [2.45, 2.75) is 113 Å². The van der Waals surface area contributed by atoms with Crippen LogP contribution in [-0.4, -0.2) is 133 Å². The third-order valence-corrected chi connectivity index (χ3v) is 15.4. The summed E-state index contributed by atoms with van der Waals surface area (Å²) in [4.78, 5) is 64.7. The molecule has 2 saturated heterocycles. The van der Waals surface area contributed by atoms with E-state index in [1.54, 1.807) is 24.3 Å². The van der Waals surface area contributed by atoms with E-state index in [4.69, 9.17) is 19.2 Å². The summed E-state index contributed by atoms with van der Waals surface area (Å²) < 4.78 is 88.5. The fourth-order valence-electron chi connectivity index (χ4n) is 8.97. The van der Waals surface area contributed by atoms with Crippen LogP contribution < -0.4 is 24.4 Å². The Hall–Kier alpha value is -4.85. The molecule has 0 unspecified atom stereocenters. The normalized spacial score (nSPS) is 29.6. The minimum atomic E-state index is -5.04. The van der Waals surface area contributed by atoms with Crippen LogP contribution in [0, 0.1) is 17.8 Å². The van der Waals surface area contributed by atoms with Crippen molar-refractivity contribution in [1.29, 1.82) is 0 Å². The molecular weight excluding hydrogens is 838 g/mol. The molecule has 3 N–H and O–H groups in total. The molecule has 5 aliphatic rings. The zero-order chi connectivity index (χ0) is 44.9. The van der Waals surface area contributed by atoms with Crippen molar-refractivity contribution in [3.8, 4) is 11.6 Å². The smallest absolute Gasteiger partial charge is 0.408 e. The second-order valence-electron chi connectivity index (χ2n) is 17.8. The van der Waals surface area contributed by atoms with Crippen LogP contribution in [0.25, 0.3) is 10.8 Å². The number of sulfonamides is 1. The first-order chi connectivity index (χ1) is 29.2. The van der Waals surface area contributed by atoms with Gasteiger partial charge in [0.2, 0.25) is 27.7 Å². The summed E-state index contributed by atoms with van der Waals surface area (Å²) in [7, 11) is -2.60. The van der Waals surface area contributed by atoms with Crippen molar-refractivity contribution in [3.63, 3.8) is 0 Å². The molecule has 62 heavy (non-hydrogen) atoms. The van der Waals surface area contributed by atoms with Crippen molar-refractivity contribution in [3.05, 3.63) is 36.4 Å². The van der Waals surface area contributed by atoms with Crippen LogP contribution in [0.4, 0.5) is 23.8 Å². The standard InChI is InChI=1S/C42H55F3N6O10S/c1-24-8-6-7-9-28-22-41(28,38(54)48-62(57,58)40(4)12-13-40)47-35(52)32-21-30(23-50(32)37(53)34(25(2)18-24)51(39(55)56)26(3)42(43,44)45)61-36-31-11-10-29(59-5)19-27(31)20-33(46-36)49-14-16-60-17-15-49/h7,9-11,19-20,24-26,28,30,32,34H,6,8,12-18,21-23H2,1-5H3,(H,47,52)(H,48,54)(H,55,56)/t24-,25+,26+,28+,30+,32-,34-,41+/m0/s1. The summed E-state index contributed by atoms with van der Waals surface area (Å²) in [6, 6.07) is 1.17. The number of hydrogen-bond donors (Lipinski definition) is 3. The molecule has 2 aliphatic carbocycles. The van der Waals surface area contributed by atoms with E-state index in [0.717, 1.165) is 4.90 Å². The molecule has 1 aromatic carbocycles. The van der Waals surface area contributed by atoms with Crippen LogP contribution in [0.1, 0.15) is 72.6 Å². The van der Waals surface area contributed by atoms with E-state index in [9.17, 15) is 41.1 Å². The second-order valence-corrected chi connectivity index (χ2v) is 20.0. The van der Waals surface area contributed by atoms with Gasteiger partial charge in [0.25, 0.3) is 5.91 Å². The molecule has 4 amide bonds. The molecule has 4 heterocycles. The Morgan fingerprint density at radius 2 is 1.84 bits per heavy atom. The summed E-state index contributed by atoms with van der Waals surface area (Å²) in [6.07, 6.45) is -2.79. The topological polar surface area (TPSA) is 197 Å². The van der Waals surface area contributed by atoms with Crippen LogP contribution in [0.15, 0.2) is 36.4 Å². The van der Waals surface area contributed by atoms with Gasteiger partial charge in [-0.1, -0.05) is 26.0 Å². The molecule has 0 spiro atoms. The number of pyridine rings is 1. The molecule has 2 aromatic rings. The lowest BCUT2D eigenvalue weighted by Crippen LogP contribution is -2.62. The second kappa shape index (κ2) is 17.0. The average Bonchev–Trinajstić information content (AvgIpc) is 4.10. The lowest BCUT2D eigenvalue weighted by atomic mass is 9.86. The number of morpholine rings is 1. The van der Waals surface area contributed by atoms with Gasteiger partial charge in [-0.3, -0.25) is 24.0 Å². The number of nitrogens with zero attached hydrogens (tertiary/aromatic N) is 4. The Balaban J connectivity index is 1.29. The Labute approximate surface area is 358 Å². The molecule has 7 rings (SSSR count). The highest BCUT2D eigenvalue weighted by Gasteiger charge is 2.63. The van der Waals surface area contributed by atoms with Gasteiger partial charge in [0.15, 0.2) is 0 Å². The first-order valence-electron chi connectivity index (χ1n) is 21.1. The summed E-state index contributed by atoms with van der Waals surface area (Å²) >= 11 is 0. The van der Waals surface area contributed by atoms with Gasteiger partial charge in [0.1, 0.15) is 41.3 Å².